The third-order valence-electron chi connectivity index (χ3n) is 6.51. The fraction of sp³-hybridized carbons (Fsp3) is 0.458. The highest BCUT2D eigenvalue weighted by Crippen LogP contribution is 2.20. The fourth-order valence-electron chi connectivity index (χ4n) is 4.66. The molecule has 2 aromatic heterocycles. The largest absolute Gasteiger partial charge is 0.355 e. The van der Waals surface area contributed by atoms with Crippen LogP contribution >= 0.6 is 0 Å². The first-order chi connectivity index (χ1) is 15.3. The minimum Gasteiger partial charge on any atom is -0.355 e. The van der Waals surface area contributed by atoms with Gasteiger partial charge in [-0.3, -0.25) is 4.79 Å². The first-order valence-electron chi connectivity index (χ1n) is 11.4. The zero-order chi connectivity index (χ0) is 21.0. The van der Waals surface area contributed by atoms with E-state index >= 15 is 0 Å². The molecule has 0 bridgehead atoms. The van der Waals surface area contributed by atoms with Gasteiger partial charge < -0.3 is 19.3 Å². The number of para-hydroxylation sites is 1. The number of amides is 1. The molecule has 0 spiro atoms. The number of hydrogen-bond donors (Lipinski definition) is 0. The second-order valence-electron chi connectivity index (χ2n) is 8.52. The normalized spacial score (nSPS) is 17.7. The molecular weight excluding hydrogens is 388 g/mol. The van der Waals surface area contributed by atoms with E-state index in [1.807, 2.05) is 27.8 Å². The molecule has 7 heteroatoms. The van der Waals surface area contributed by atoms with Gasteiger partial charge in [0.25, 0.3) is 0 Å². The Labute approximate surface area is 183 Å². The van der Waals surface area contributed by atoms with Gasteiger partial charge in [0, 0.05) is 51.0 Å². The van der Waals surface area contributed by atoms with Crippen molar-refractivity contribution in [3.05, 3.63) is 48.7 Å². The van der Waals surface area contributed by atoms with Crippen molar-refractivity contribution in [1.29, 1.82) is 0 Å². The monoisotopic (exact) mass is 418 g/mol. The van der Waals surface area contributed by atoms with Crippen LogP contribution in [0, 0.1) is 0 Å². The van der Waals surface area contributed by atoms with Gasteiger partial charge in [-0.05, 0) is 42.5 Å². The number of rotatable bonds is 4. The smallest absolute Gasteiger partial charge is 0.242 e. The number of hydrogen-bond acceptors (Lipinski definition) is 5. The Bertz CT molecular complexity index is 1010. The summed E-state index contributed by atoms with van der Waals surface area (Å²) in [5.41, 5.74) is 1.11. The Balaban J connectivity index is 1.17. The zero-order valence-electron chi connectivity index (χ0n) is 18.0. The van der Waals surface area contributed by atoms with Crippen molar-refractivity contribution in [2.24, 2.45) is 0 Å². The minimum absolute atomic E-state index is 0.170. The van der Waals surface area contributed by atoms with Crippen LogP contribution in [0.2, 0.25) is 0 Å². The van der Waals surface area contributed by atoms with Gasteiger partial charge in [0.2, 0.25) is 5.91 Å². The maximum Gasteiger partial charge on any atom is 0.242 e. The Morgan fingerprint density at radius 2 is 1.39 bits per heavy atom. The summed E-state index contributed by atoms with van der Waals surface area (Å²) < 4.78 is 2.04. The highest BCUT2D eigenvalue weighted by Gasteiger charge is 2.23. The van der Waals surface area contributed by atoms with Crippen molar-refractivity contribution >= 4 is 28.4 Å². The average Bonchev–Trinajstić information content (AvgIpc) is 3.03. The summed E-state index contributed by atoms with van der Waals surface area (Å²) in [5, 5.41) is 10.2. The van der Waals surface area contributed by atoms with Crippen molar-refractivity contribution in [2.75, 3.05) is 49.1 Å². The van der Waals surface area contributed by atoms with Gasteiger partial charge in [0.15, 0.2) is 11.6 Å². The van der Waals surface area contributed by atoms with E-state index in [-0.39, 0.29) is 5.91 Å². The molecule has 7 nitrogen and oxygen atoms in total. The molecule has 162 valence electrons. The van der Waals surface area contributed by atoms with E-state index < -0.39 is 0 Å². The molecule has 2 saturated heterocycles. The summed E-state index contributed by atoms with van der Waals surface area (Å²) in [5.74, 6) is 2.06. The lowest BCUT2D eigenvalue weighted by Crippen LogP contribution is -2.49. The van der Waals surface area contributed by atoms with E-state index in [1.165, 1.54) is 31.1 Å². The number of carbonyl (C=O) groups is 1. The van der Waals surface area contributed by atoms with E-state index in [0.29, 0.717) is 19.6 Å². The third kappa shape index (κ3) is 4.36. The first kappa shape index (κ1) is 19.8. The predicted molar refractivity (Wildman–Crippen MR) is 123 cm³/mol. The van der Waals surface area contributed by atoms with E-state index in [1.54, 1.807) is 0 Å². The second kappa shape index (κ2) is 8.96. The van der Waals surface area contributed by atoms with E-state index in [4.69, 9.17) is 0 Å². The van der Waals surface area contributed by atoms with Gasteiger partial charge in [-0.2, -0.15) is 0 Å². The number of aromatic nitrogens is 3. The molecule has 2 aliphatic heterocycles. The topological polar surface area (TPSA) is 57.5 Å². The van der Waals surface area contributed by atoms with Crippen molar-refractivity contribution in [3.63, 3.8) is 0 Å². The Morgan fingerprint density at radius 3 is 2.06 bits per heavy atom. The molecule has 0 aliphatic carbocycles. The van der Waals surface area contributed by atoms with Crippen molar-refractivity contribution < 1.29 is 4.79 Å². The molecule has 31 heavy (non-hydrogen) atoms. The van der Waals surface area contributed by atoms with Crippen molar-refractivity contribution in [3.8, 4) is 0 Å². The fourth-order valence-corrected chi connectivity index (χ4v) is 4.66. The molecule has 0 atom stereocenters. The van der Waals surface area contributed by atoms with Crippen LogP contribution in [0.15, 0.2) is 48.7 Å². The molecule has 3 aromatic rings. The molecule has 1 amide bonds. The van der Waals surface area contributed by atoms with Crippen molar-refractivity contribution in [2.45, 2.75) is 32.2 Å². The van der Waals surface area contributed by atoms with Crippen LogP contribution in [-0.4, -0.2) is 64.8 Å². The van der Waals surface area contributed by atoms with Crippen LogP contribution in [0.4, 0.5) is 11.6 Å². The van der Waals surface area contributed by atoms with Gasteiger partial charge in [0.05, 0.1) is 0 Å². The van der Waals surface area contributed by atoms with E-state index in [0.717, 1.165) is 43.3 Å². The standard InChI is InChI=1S/C24H30N6O/c31-24(19-30-14-11-20-7-3-4-8-21(20)30)29-17-15-28(16-18-29)23-10-9-22(25-26-23)27-12-5-1-2-6-13-27/h3-4,7-11,14H,1-2,5-6,12-13,15-19H2. The first-order valence-corrected chi connectivity index (χ1v) is 11.4. The molecular formula is C24H30N6O. The van der Waals surface area contributed by atoms with Crippen LogP contribution < -0.4 is 9.80 Å². The number of anilines is 2. The number of carbonyl (C=O) groups excluding carboxylic acids is 1. The molecule has 0 radical (unpaired) electrons. The number of nitrogens with zero attached hydrogens (tertiary/aromatic N) is 6. The van der Waals surface area contributed by atoms with Crippen LogP contribution in [-0.2, 0) is 11.3 Å². The summed E-state index contributed by atoms with van der Waals surface area (Å²) in [6.45, 7) is 5.54. The van der Waals surface area contributed by atoms with Crippen LogP contribution in [0.5, 0.6) is 0 Å². The van der Waals surface area contributed by atoms with Crippen LogP contribution in [0.1, 0.15) is 25.7 Å². The highest BCUT2D eigenvalue weighted by molar-refractivity contribution is 5.83. The molecule has 2 fully saturated rings. The molecule has 2 aliphatic rings. The summed E-state index contributed by atoms with van der Waals surface area (Å²) in [6.07, 6.45) is 7.09. The summed E-state index contributed by atoms with van der Waals surface area (Å²) >= 11 is 0. The molecule has 0 saturated carbocycles. The molecule has 4 heterocycles. The van der Waals surface area contributed by atoms with Crippen LogP contribution in [0.3, 0.4) is 0 Å². The lowest BCUT2D eigenvalue weighted by molar-refractivity contribution is -0.132. The quantitative estimate of drug-likeness (QED) is 0.651. The van der Waals surface area contributed by atoms with Gasteiger partial charge in [0.1, 0.15) is 6.54 Å². The zero-order valence-corrected chi connectivity index (χ0v) is 18.0. The van der Waals surface area contributed by atoms with Gasteiger partial charge >= 0.3 is 0 Å². The maximum absolute atomic E-state index is 12.9. The molecule has 5 rings (SSSR count). The average molecular weight is 419 g/mol. The number of fused-ring (bicyclic) bond motifs is 1. The second-order valence-corrected chi connectivity index (χ2v) is 8.52. The maximum atomic E-state index is 12.9. The summed E-state index contributed by atoms with van der Waals surface area (Å²) in [6, 6.07) is 14.4. The Kier molecular flexibility index (Phi) is 5.74. The predicted octanol–water partition coefficient (Wildman–Crippen LogP) is 3.16. The van der Waals surface area contributed by atoms with Gasteiger partial charge in [-0.1, -0.05) is 31.0 Å². The third-order valence-corrected chi connectivity index (χ3v) is 6.51. The summed E-state index contributed by atoms with van der Waals surface area (Å²) in [4.78, 5) is 19.4. The lowest BCUT2D eigenvalue weighted by Gasteiger charge is -2.35. The lowest BCUT2D eigenvalue weighted by atomic mass is 10.2. The molecule has 0 N–H and O–H groups in total. The molecule has 1 aromatic carbocycles. The number of benzene rings is 1. The van der Waals surface area contributed by atoms with E-state index in [9.17, 15) is 4.79 Å². The van der Waals surface area contributed by atoms with Gasteiger partial charge in [-0.25, -0.2) is 0 Å². The highest BCUT2D eigenvalue weighted by atomic mass is 16.2. The Hall–Kier alpha value is -3.09. The van der Waals surface area contributed by atoms with Gasteiger partial charge in [-0.15, -0.1) is 10.2 Å². The van der Waals surface area contributed by atoms with Crippen LogP contribution in [0.25, 0.3) is 10.9 Å². The Morgan fingerprint density at radius 1 is 0.742 bits per heavy atom. The minimum atomic E-state index is 0.170. The molecule has 0 unspecified atom stereocenters. The number of piperazine rings is 1. The summed E-state index contributed by atoms with van der Waals surface area (Å²) in [7, 11) is 0. The SMILES string of the molecule is O=C(Cn1ccc2ccccc21)N1CCN(c2ccc(N3CCCCCC3)nn2)CC1. The van der Waals surface area contributed by atoms with Crippen molar-refractivity contribution in [1.82, 2.24) is 19.7 Å². The van der Waals surface area contributed by atoms with E-state index in [2.05, 4.69) is 50.3 Å².